The first kappa shape index (κ1) is 25.1. The lowest BCUT2D eigenvalue weighted by Crippen LogP contribution is -2.34. The van der Waals surface area contributed by atoms with E-state index >= 15 is 0 Å². The van der Waals surface area contributed by atoms with Crippen molar-refractivity contribution in [3.05, 3.63) is 64.5 Å². The van der Waals surface area contributed by atoms with Crippen LogP contribution in [-0.4, -0.2) is 27.1 Å². The zero-order chi connectivity index (χ0) is 24.7. The number of benzene rings is 2. The Morgan fingerprint density at radius 3 is 2.59 bits per heavy atom. The molecular weight excluding hydrogens is 532 g/mol. The van der Waals surface area contributed by atoms with Gasteiger partial charge in [0, 0.05) is 30.8 Å². The molecule has 1 aromatic heterocycles. The van der Waals surface area contributed by atoms with Crippen LogP contribution in [0.3, 0.4) is 0 Å². The van der Waals surface area contributed by atoms with Crippen molar-refractivity contribution in [3.63, 3.8) is 0 Å². The van der Waals surface area contributed by atoms with Gasteiger partial charge in [-0.3, -0.25) is 0 Å². The zero-order valence-electron chi connectivity index (χ0n) is 17.7. The Balaban J connectivity index is 1.61. The fourth-order valence-electron chi connectivity index (χ4n) is 3.52. The van der Waals surface area contributed by atoms with Gasteiger partial charge < -0.3 is 10.1 Å². The first-order valence-electron chi connectivity index (χ1n) is 10.1. The van der Waals surface area contributed by atoms with Crippen molar-refractivity contribution >= 4 is 50.4 Å². The second-order valence-corrected chi connectivity index (χ2v) is 11.9. The molecular formula is C22H19Cl2F3N2O3S2. The molecule has 5 nitrogen and oxygen atoms in total. The van der Waals surface area contributed by atoms with E-state index in [0.29, 0.717) is 26.7 Å². The Hall–Kier alpha value is -1.98. The largest absolute Gasteiger partial charge is 0.485 e. The molecule has 12 heteroatoms. The van der Waals surface area contributed by atoms with Gasteiger partial charge in [0.2, 0.25) is 0 Å². The lowest BCUT2D eigenvalue weighted by Gasteiger charge is -2.26. The van der Waals surface area contributed by atoms with Crippen LogP contribution in [0.4, 0.5) is 18.9 Å². The van der Waals surface area contributed by atoms with Crippen molar-refractivity contribution < 1.29 is 26.3 Å². The Morgan fingerprint density at radius 2 is 1.91 bits per heavy atom. The lowest BCUT2D eigenvalue weighted by molar-refractivity contribution is -0.137. The van der Waals surface area contributed by atoms with Gasteiger partial charge in [-0.2, -0.15) is 25.4 Å². The predicted octanol–water partition coefficient (Wildman–Crippen LogP) is 6.57. The van der Waals surface area contributed by atoms with Gasteiger partial charge in [-0.25, -0.2) is 0 Å². The van der Waals surface area contributed by atoms with Crippen LogP contribution in [0, 0.1) is 0 Å². The predicted molar refractivity (Wildman–Crippen MR) is 128 cm³/mol. The highest BCUT2D eigenvalue weighted by molar-refractivity contribution is 7.96. The molecule has 0 bridgehead atoms. The van der Waals surface area contributed by atoms with E-state index in [4.69, 9.17) is 28.1 Å². The highest BCUT2D eigenvalue weighted by Crippen LogP contribution is 2.39. The first-order chi connectivity index (χ1) is 15.9. The average molecular weight is 551 g/mol. The Bertz CT molecular complexity index is 1310. The number of rotatable bonds is 6. The smallest absolute Gasteiger partial charge is 0.416 e. The van der Waals surface area contributed by atoms with Crippen LogP contribution in [0.2, 0.25) is 5.02 Å². The summed E-state index contributed by atoms with van der Waals surface area (Å²) in [5.41, 5.74) is -0.619. The van der Waals surface area contributed by atoms with Gasteiger partial charge in [0.1, 0.15) is 15.6 Å². The minimum absolute atomic E-state index is 0.115. The van der Waals surface area contributed by atoms with Gasteiger partial charge in [-0.05, 0) is 60.3 Å². The van der Waals surface area contributed by atoms with E-state index in [1.165, 1.54) is 41.8 Å². The highest BCUT2D eigenvalue weighted by atomic mass is 35.5. The summed E-state index contributed by atoms with van der Waals surface area (Å²) in [6.45, 7) is 3.33. The summed E-state index contributed by atoms with van der Waals surface area (Å²) in [6, 6.07) is 10.3. The molecule has 0 unspecified atom stereocenters. The van der Waals surface area contributed by atoms with Crippen LogP contribution in [0.15, 0.2) is 58.1 Å². The standard InChI is InChI=1S/C22H19Cl2F3N2O3S2/c1-21(7-8-28-13-21)32-19-11-17(5-6-18(19)23)29(24)34(30,31)20-10-15(12-33-20)14-3-2-4-16(9-14)22(25,26)27/h2-6,9-12,28H,7-8,13H2,1H3/t21-/m1/s1. The molecule has 1 N–H and O–H groups in total. The normalized spacial score (nSPS) is 18.8. The molecule has 2 aromatic carbocycles. The van der Waals surface area contributed by atoms with E-state index in [2.05, 4.69) is 5.32 Å². The number of nitrogens with zero attached hydrogens (tertiary/aromatic N) is 1. The van der Waals surface area contributed by atoms with Crippen LogP contribution in [-0.2, 0) is 16.2 Å². The molecule has 3 aromatic rings. The maximum atomic E-state index is 13.1. The third-order valence-electron chi connectivity index (χ3n) is 5.37. The highest BCUT2D eigenvalue weighted by Gasteiger charge is 2.33. The number of ether oxygens (including phenoxy) is 1. The van der Waals surface area contributed by atoms with Gasteiger partial charge in [0.15, 0.2) is 0 Å². The number of hydrogen-bond acceptors (Lipinski definition) is 5. The van der Waals surface area contributed by atoms with Gasteiger partial charge in [0.25, 0.3) is 10.0 Å². The molecule has 0 amide bonds. The molecule has 0 radical (unpaired) electrons. The Morgan fingerprint density at radius 1 is 1.15 bits per heavy atom. The Kier molecular flexibility index (Phi) is 6.82. The summed E-state index contributed by atoms with van der Waals surface area (Å²) in [4.78, 5) is 0. The van der Waals surface area contributed by atoms with Crippen LogP contribution in [0.5, 0.6) is 5.75 Å². The molecule has 182 valence electrons. The molecule has 1 fully saturated rings. The summed E-state index contributed by atoms with van der Waals surface area (Å²) >= 11 is 13.4. The number of anilines is 1. The molecule has 1 saturated heterocycles. The van der Waals surface area contributed by atoms with Gasteiger partial charge >= 0.3 is 6.18 Å². The molecule has 4 rings (SSSR count). The summed E-state index contributed by atoms with van der Waals surface area (Å²) in [5, 5.41) is 4.98. The number of sulfonamides is 1. The van der Waals surface area contributed by atoms with Crippen LogP contribution in [0.1, 0.15) is 18.9 Å². The summed E-state index contributed by atoms with van der Waals surface area (Å²) < 4.78 is 71.9. The summed E-state index contributed by atoms with van der Waals surface area (Å²) in [7, 11) is -4.21. The number of alkyl halides is 3. The SMILES string of the molecule is C[C@@]1(Oc2cc(N(Cl)S(=O)(=O)c3cc(-c4cccc(C(F)(F)F)c4)cs3)ccc2Cl)CCNC1. The van der Waals surface area contributed by atoms with Crippen molar-refractivity contribution in [1.29, 1.82) is 0 Å². The maximum absolute atomic E-state index is 13.1. The third-order valence-corrected chi connectivity index (χ3v) is 9.32. The van der Waals surface area contributed by atoms with Crippen molar-refractivity contribution in [2.24, 2.45) is 0 Å². The van der Waals surface area contributed by atoms with Crippen molar-refractivity contribution in [3.8, 4) is 16.9 Å². The fraction of sp³-hybridized carbons (Fsp3) is 0.273. The first-order valence-corrected chi connectivity index (χ1v) is 13.1. The lowest BCUT2D eigenvalue weighted by atomic mass is 10.1. The summed E-state index contributed by atoms with van der Waals surface area (Å²) in [5.74, 6) is 0.294. The van der Waals surface area contributed by atoms with E-state index in [-0.39, 0.29) is 15.5 Å². The number of hydrogen-bond donors (Lipinski definition) is 1. The van der Waals surface area contributed by atoms with E-state index in [1.54, 1.807) is 0 Å². The van der Waals surface area contributed by atoms with Crippen molar-refractivity contribution in [1.82, 2.24) is 5.32 Å². The van der Waals surface area contributed by atoms with Gasteiger partial charge in [-0.1, -0.05) is 23.7 Å². The van der Waals surface area contributed by atoms with E-state index < -0.39 is 27.4 Å². The number of thiophene rings is 1. The Labute approximate surface area is 209 Å². The number of halogens is 5. The van der Waals surface area contributed by atoms with Gasteiger partial charge in [-0.15, -0.1) is 11.3 Å². The second kappa shape index (κ2) is 9.23. The second-order valence-electron chi connectivity index (χ2n) is 8.05. The maximum Gasteiger partial charge on any atom is 0.416 e. The fourth-order valence-corrected chi connectivity index (χ4v) is 6.45. The van der Waals surface area contributed by atoms with Crippen LogP contribution < -0.4 is 13.9 Å². The van der Waals surface area contributed by atoms with Gasteiger partial charge in [0.05, 0.1) is 16.3 Å². The molecule has 0 aliphatic carbocycles. The van der Waals surface area contributed by atoms with E-state index in [0.717, 1.165) is 36.4 Å². The topological polar surface area (TPSA) is 58.6 Å². The molecule has 34 heavy (non-hydrogen) atoms. The molecule has 1 atom stereocenters. The van der Waals surface area contributed by atoms with E-state index in [9.17, 15) is 21.6 Å². The molecule has 2 heterocycles. The molecule has 0 spiro atoms. The summed E-state index contributed by atoms with van der Waals surface area (Å²) in [6.07, 6.45) is -3.75. The third kappa shape index (κ3) is 5.16. The van der Waals surface area contributed by atoms with Crippen molar-refractivity contribution in [2.45, 2.75) is 29.3 Å². The van der Waals surface area contributed by atoms with Crippen LogP contribution in [0.25, 0.3) is 11.1 Å². The van der Waals surface area contributed by atoms with Crippen molar-refractivity contribution in [2.75, 3.05) is 16.9 Å². The molecule has 0 saturated carbocycles. The quantitative estimate of drug-likeness (QED) is 0.353. The zero-order valence-corrected chi connectivity index (χ0v) is 20.8. The monoisotopic (exact) mass is 550 g/mol. The number of nitrogens with one attached hydrogen (secondary N) is 1. The average Bonchev–Trinajstić information content (AvgIpc) is 3.44. The van der Waals surface area contributed by atoms with E-state index in [1.807, 2.05) is 6.92 Å². The minimum Gasteiger partial charge on any atom is -0.485 e. The van der Waals surface area contributed by atoms with Crippen LogP contribution >= 0.6 is 34.7 Å². The minimum atomic E-state index is -4.51. The molecule has 1 aliphatic rings. The molecule has 1 aliphatic heterocycles.